The van der Waals surface area contributed by atoms with E-state index in [1.165, 1.54) is 0 Å². The first kappa shape index (κ1) is 8.63. The van der Waals surface area contributed by atoms with Crippen molar-refractivity contribution in [1.82, 2.24) is 0 Å². The SMILES string of the molecule is CC/N=C(\CC)C(C)O. The number of nitrogens with zero attached hydrogens (tertiary/aromatic N) is 1. The quantitative estimate of drug-likeness (QED) is 0.571. The molecule has 0 amide bonds. The Kier molecular flexibility index (Phi) is 4.32. The standard InChI is InChI=1S/C7H15NO/c1-4-7(6(3)9)8-5-2/h6,9H,4-5H2,1-3H3/b8-7+. The second-order valence-corrected chi connectivity index (χ2v) is 2.00. The van der Waals surface area contributed by atoms with Gasteiger partial charge in [0.1, 0.15) is 0 Å². The highest BCUT2D eigenvalue weighted by molar-refractivity contribution is 5.87. The van der Waals surface area contributed by atoms with Crippen molar-refractivity contribution in [3.63, 3.8) is 0 Å². The van der Waals surface area contributed by atoms with Gasteiger partial charge in [-0.2, -0.15) is 0 Å². The lowest BCUT2D eigenvalue weighted by atomic mass is 10.2. The normalized spacial score (nSPS) is 15.8. The number of hydrogen-bond acceptors (Lipinski definition) is 2. The number of aliphatic hydroxyl groups excluding tert-OH is 1. The Balaban J connectivity index is 3.81. The second-order valence-electron chi connectivity index (χ2n) is 2.00. The van der Waals surface area contributed by atoms with Crippen LogP contribution in [0.1, 0.15) is 27.2 Å². The summed E-state index contributed by atoms with van der Waals surface area (Å²) in [4.78, 5) is 4.11. The molecule has 0 bridgehead atoms. The van der Waals surface area contributed by atoms with E-state index in [1.807, 2.05) is 13.8 Å². The third kappa shape index (κ3) is 3.25. The Morgan fingerprint density at radius 2 is 2.11 bits per heavy atom. The molecule has 0 radical (unpaired) electrons. The molecule has 0 spiro atoms. The van der Waals surface area contributed by atoms with Gasteiger partial charge in [-0.15, -0.1) is 0 Å². The topological polar surface area (TPSA) is 32.6 Å². The van der Waals surface area contributed by atoms with Crippen molar-refractivity contribution in [2.75, 3.05) is 6.54 Å². The molecule has 1 unspecified atom stereocenters. The van der Waals surface area contributed by atoms with Gasteiger partial charge in [0.25, 0.3) is 0 Å². The molecule has 0 aromatic heterocycles. The fourth-order valence-corrected chi connectivity index (χ4v) is 0.742. The minimum Gasteiger partial charge on any atom is -0.387 e. The Labute approximate surface area is 56.6 Å². The van der Waals surface area contributed by atoms with Crippen LogP contribution in [0, 0.1) is 0 Å². The van der Waals surface area contributed by atoms with Crippen molar-refractivity contribution in [3.05, 3.63) is 0 Å². The van der Waals surface area contributed by atoms with Gasteiger partial charge in [0.15, 0.2) is 0 Å². The molecule has 0 saturated carbocycles. The fourth-order valence-electron chi connectivity index (χ4n) is 0.742. The van der Waals surface area contributed by atoms with Gasteiger partial charge in [0, 0.05) is 12.3 Å². The molecule has 0 rings (SSSR count). The minimum atomic E-state index is -0.366. The van der Waals surface area contributed by atoms with Crippen LogP contribution in [0.2, 0.25) is 0 Å². The molecule has 9 heavy (non-hydrogen) atoms. The molecule has 0 aliphatic rings. The van der Waals surface area contributed by atoms with Crippen molar-refractivity contribution < 1.29 is 5.11 Å². The lowest BCUT2D eigenvalue weighted by molar-refractivity contribution is 0.259. The van der Waals surface area contributed by atoms with Crippen LogP contribution in [0.3, 0.4) is 0 Å². The summed E-state index contributed by atoms with van der Waals surface area (Å²) in [6.45, 7) is 6.49. The molecule has 1 N–H and O–H groups in total. The van der Waals surface area contributed by atoms with Crippen LogP contribution in [0.15, 0.2) is 4.99 Å². The summed E-state index contributed by atoms with van der Waals surface area (Å²) in [7, 11) is 0. The van der Waals surface area contributed by atoms with Crippen LogP contribution >= 0.6 is 0 Å². The van der Waals surface area contributed by atoms with Gasteiger partial charge in [-0.05, 0) is 20.3 Å². The summed E-state index contributed by atoms with van der Waals surface area (Å²) >= 11 is 0. The smallest absolute Gasteiger partial charge is 0.0888 e. The van der Waals surface area contributed by atoms with Crippen LogP contribution in [-0.2, 0) is 0 Å². The maximum atomic E-state index is 9.01. The number of hydrogen-bond donors (Lipinski definition) is 1. The first-order chi connectivity index (χ1) is 4.22. The molecule has 1 atom stereocenters. The zero-order valence-corrected chi connectivity index (χ0v) is 6.39. The molecule has 0 aliphatic carbocycles. The van der Waals surface area contributed by atoms with Crippen LogP contribution < -0.4 is 0 Å². The maximum absolute atomic E-state index is 9.01. The van der Waals surface area contributed by atoms with E-state index < -0.39 is 0 Å². The average Bonchev–Trinajstić information content (AvgIpc) is 1.82. The van der Waals surface area contributed by atoms with Gasteiger partial charge in [-0.3, -0.25) is 4.99 Å². The molecule has 2 nitrogen and oxygen atoms in total. The van der Waals surface area contributed by atoms with Crippen molar-refractivity contribution >= 4 is 5.71 Å². The van der Waals surface area contributed by atoms with Gasteiger partial charge in [0.05, 0.1) is 6.10 Å². The summed E-state index contributed by atoms with van der Waals surface area (Å²) in [6.07, 6.45) is 0.487. The van der Waals surface area contributed by atoms with Crippen LogP contribution in [0.5, 0.6) is 0 Å². The van der Waals surface area contributed by atoms with Gasteiger partial charge in [-0.25, -0.2) is 0 Å². The predicted octanol–water partition coefficient (Wildman–Crippen LogP) is 1.24. The zero-order chi connectivity index (χ0) is 7.28. The van der Waals surface area contributed by atoms with E-state index >= 15 is 0 Å². The summed E-state index contributed by atoms with van der Waals surface area (Å²) < 4.78 is 0. The third-order valence-corrected chi connectivity index (χ3v) is 1.21. The Bertz CT molecular complexity index is 97.1. The predicted molar refractivity (Wildman–Crippen MR) is 39.9 cm³/mol. The maximum Gasteiger partial charge on any atom is 0.0888 e. The van der Waals surface area contributed by atoms with Crippen LogP contribution in [0.25, 0.3) is 0 Å². The first-order valence-electron chi connectivity index (χ1n) is 3.43. The summed E-state index contributed by atoms with van der Waals surface area (Å²) in [5.74, 6) is 0. The monoisotopic (exact) mass is 129 g/mol. The highest BCUT2D eigenvalue weighted by Gasteiger charge is 2.00. The minimum absolute atomic E-state index is 0.366. The van der Waals surface area contributed by atoms with Crippen LogP contribution in [-0.4, -0.2) is 23.5 Å². The third-order valence-electron chi connectivity index (χ3n) is 1.21. The molecule has 0 saturated heterocycles. The lowest BCUT2D eigenvalue weighted by Crippen LogP contribution is -2.15. The van der Waals surface area contributed by atoms with E-state index in [9.17, 15) is 0 Å². The fraction of sp³-hybridized carbons (Fsp3) is 0.857. The van der Waals surface area contributed by atoms with Gasteiger partial charge in [0.2, 0.25) is 0 Å². The zero-order valence-electron chi connectivity index (χ0n) is 6.39. The molecule has 0 heterocycles. The van der Waals surface area contributed by atoms with E-state index in [0.29, 0.717) is 0 Å². The Hall–Kier alpha value is -0.370. The summed E-state index contributed by atoms with van der Waals surface area (Å²) in [5, 5.41) is 9.01. The van der Waals surface area contributed by atoms with Crippen molar-refractivity contribution in [2.24, 2.45) is 4.99 Å². The van der Waals surface area contributed by atoms with E-state index in [1.54, 1.807) is 6.92 Å². The summed E-state index contributed by atoms with van der Waals surface area (Å²) in [5.41, 5.74) is 0.900. The first-order valence-corrected chi connectivity index (χ1v) is 3.43. The average molecular weight is 129 g/mol. The second kappa shape index (κ2) is 4.50. The number of aliphatic hydroxyl groups is 1. The largest absolute Gasteiger partial charge is 0.387 e. The molecule has 0 fully saturated rings. The highest BCUT2D eigenvalue weighted by atomic mass is 16.3. The van der Waals surface area contributed by atoms with Crippen molar-refractivity contribution in [1.29, 1.82) is 0 Å². The molecule has 0 aliphatic heterocycles. The van der Waals surface area contributed by atoms with Gasteiger partial charge >= 0.3 is 0 Å². The van der Waals surface area contributed by atoms with E-state index in [-0.39, 0.29) is 6.10 Å². The molecular formula is C7H15NO. The summed E-state index contributed by atoms with van der Waals surface area (Å²) in [6, 6.07) is 0. The Morgan fingerprint density at radius 3 is 2.22 bits per heavy atom. The van der Waals surface area contributed by atoms with E-state index in [4.69, 9.17) is 5.11 Å². The van der Waals surface area contributed by atoms with E-state index in [2.05, 4.69) is 4.99 Å². The lowest BCUT2D eigenvalue weighted by Gasteiger charge is -2.04. The molecular weight excluding hydrogens is 114 g/mol. The Morgan fingerprint density at radius 1 is 1.56 bits per heavy atom. The number of rotatable bonds is 3. The van der Waals surface area contributed by atoms with Crippen molar-refractivity contribution in [3.8, 4) is 0 Å². The van der Waals surface area contributed by atoms with Gasteiger partial charge < -0.3 is 5.11 Å². The van der Waals surface area contributed by atoms with Crippen molar-refractivity contribution in [2.45, 2.75) is 33.3 Å². The van der Waals surface area contributed by atoms with E-state index in [0.717, 1.165) is 18.7 Å². The molecule has 0 aromatic carbocycles. The molecule has 0 aromatic rings. The highest BCUT2D eigenvalue weighted by Crippen LogP contribution is 1.92. The molecule has 54 valence electrons. The number of aliphatic imine (C=N–C) groups is 1. The molecule has 2 heteroatoms. The van der Waals surface area contributed by atoms with Gasteiger partial charge in [-0.1, -0.05) is 6.92 Å². The van der Waals surface area contributed by atoms with Crippen LogP contribution in [0.4, 0.5) is 0 Å².